The Bertz CT molecular complexity index is 992. The van der Waals surface area contributed by atoms with E-state index < -0.39 is 0 Å². The Morgan fingerprint density at radius 2 is 1.47 bits per heavy atom. The number of para-hydroxylation sites is 2. The van der Waals surface area contributed by atoms with E-state index in [4.69, 9.17) is 9.47 Å². The molecule has 0 radical (unpaired) electrons. The van der Waals surface area contributed by atoms with Gasteiger partial charge in [-0.3, -0.25) is 9.59 Å². The molecular formula is C23H25N3O4. The molecule has 0 bridgehead atoms. The Hall–Kier alpha value is -3.32. The van der Waals surface area contributed by atoms with E-state index in [0.29, 0.717) is 47.1 Å². The Labute approximate surface area is 176 Å². The molecule has 0 atom stereocenters. The zero-order valence-corrected chi connectivity index (χ0v) is 17.4. The van der Waals surface area contributed by atoms with Crippen molar-refractivity contribution in [1.82, 2.24) is 9.80 Å². The molecule has 0 unspecified atom stereocenters. The second kappa shape index (κ2) is 8.20. The zero-order chi connectivity index (χ0) is 21.3. The Morgan fingerprint density at radius 1 is 0.800 bits per heavy atom. The lowest BCUT2D eigenvalue weighted by atomic mass is 10.0. The summed E-state index contributed by atoms with van der Waals surface area (Å²) in [4.78, 5) is 32.6. The van der Waals surface area contributed by atoms with Gasteiger partial charge in [-0.2, -0.15) is 0 Å². The number of carbonyl (C=O) groups excluding carboxylic acids is 2. The van der Waals surface area contributed by atoms with Crippen molar-refractivity contribution in [3.63, 3.8) is 0 Å². The number of anilines is 1. The van der Waals surface area contributed by atoms with E-state index in [1.165, 1.54) is 12.0 Å². The lowest BCUT2D eigenvalue weighted by Gasteiger charge is -2.34. The molecule has 2 aliphatic heterocycles. The Balaban J connectivity index is 1.81. The maximum Gasteiger partial charge on any atom is 0.282 e. The molecule has 30 heavy (non-hydrogen) atoms. The normalized spacial score (nSPS) is 17.7. The highest BCUT2D eigenvalue weighted by molar-refractivity contribution is 6.45. The van der Waals surface area contributed by atoms with Crippen LogP contribution in [-0.2, 0) is 9.59 Å². The number of hydrogen-bond acceptors (Lipinski definition) is 6. The average Bonchev–Trinajstić information content (AvgIpc) is 3.04. The van der Waals surface area contributed by atoms with Gasteiger partial charge in [0, 0.05) is 26.2 Å². The van der Waals surface area contributed by atoms with E-state index in [0.717, 1.165) is 13.1 Å². The SMILES string of the molecule is COc1ccc(C2=C(N3CCN(C)CC3)C(=O)N(c3ccccc3OC)C2=O)cc1. The fourth-order valence-corrected chi connectivity index (χ4v) is 3.89. The van der Waals surface area contributed by atoms with Crippen LogP contribution >= 0.6 is 0 Å². The number of amides is 2. The lowest BCUT2D eigenvalue weighted by Crippen LogP contribution is -2.46. The third-order valence-electron chi connectivity index (χ3n) is 5.58. The van der Waals surface area contributed by atoms with E-state index >= 15 is 0 Å². The van der Waals surface area contributed by atoms with Crippen molar-refractivity contribution < 1.29 is 19.1 Å². The Morgan fingerprint density at radius 3 is 2.10 bits per heavy atom. The van der Waals surface area contributed by atoms with Gasteiger partial charge in [-0.1, -0.05) is 24.3 Å². The van der Waals surface area contributed by atoms with Crippen molar-refractivity contribution in [1.29, 1.82) is 0 Å². The number of nitrogens with zero attached hydrogens (tertiary/aromatic N) is 3. The van der Waals surface area contributed by atoms with Crippen molar-refractivity contribution in [3.8, 4) is 11.5 Å². The van der Waals surface area contributed by atoms with Gasteiger partial charge in [0.1, 0.15) is 17.2 Å². The maximum atomic E-state index is 13.6. The molecule has 0 aliphatic carbocycles. The summed E-state index contributed by atoms with van der Waals surface area (Å²) in [7, 11) is 5.18. The van der Waals surface area contributed by atoms with E-state index in [-0.39, 0.29) is 11.8 Å². The van der Waals surface area contributed by atoms with E-state index in [1.54, 1.807) is 37.4 Å². The van der Waals surface area contributed by atoms with Gasteiger partial charge in [0.15, 0.2) is 0 Å². The monoisotopic (exact) mass is 407 g/mol. The van der Waals surface area contributed by atoms with Crippen molar-refractivity contribution in [2.45, 2.75) is 0 Å². The molecule has 156 valence electrons. The quantitative estimate of drug-likeness (QED) is 0.709. The topological polar surface area (TPSA) is 62.3 Å². The number of methoxy groups -OCH3 is 2. The van der Waals surface area contributed by atoms with Crippen LogP contribution in [-0.4, -0.2) is 69.1 Å². The molecule has 2 heterocycles. The number of imide groups is 1. The standard InChI is InChI=1S/C23H25N3O4/c1-24-12-14-25(15-13-24)21-20(16-8-10-17(29-2)11-9-16)22(27)26(23(21)28)18-6-4-5-7-19(18)30-3/h4-11H,12-15H2,1-3H3. The highest BCUT2D eigenvalue weighted by Gasteiger charge is 2.43. The first kappa shape index (κ1) is 20.0. The number of carbonyl (C=O) groups is 2. The molecule has 1 saturated heterocycles. The largest absolute Gasteiger partial charge is 0.497 e. The van der Waals surface area contributed by atoms with Gasteiger partial charge in [0.05, 0.1) is 25.5 Å². The molecule has 7 heteroatoms. The van der Waals surface area contributed by atoms with Crippen LogP contribution in [0.25, 0.3) is 5.57 Å². The van der Waals surface area contributed by atoms with Crippen molar-refractivity contribution in [3.05, 3.63) is 59.8 Å². The molecule has 7 nitrogen and oxygen atoms in total. The summed E-state index contributed by atoms with van der Waals surface area (Å²) >= 11 is 0. The van der Waals surface area contributed by atoms with E-state index in [2.05, 4.69) is 11.9 Å². The van der Waals surface area contributed by atoms with Crippen LogP contribution < -0.4 is 14.4 Å². The second-order valence-corrected chi connectivity index (χ2v) is 7.36. The smallest absolute Gasteiger partial charge is 0.282 e. The summed E-state index contributed by atoms with van der Waals surface area (Å²) in [6.07, 6.45) is 0. The first-order valence-corrected chi connectivity index (χ1v) is 9.89. The fraction of sp³-hybridized carbons (Fsp3) is 0.304. The first-order chi connectivity index (χ1) is 14.5. The third kappa shape index (κ3) is 3.41. The molecule has 2 aliphatic rings. The van der Waals surface area contributed by atoms with E-state index in [9.17, 15) is 9.59 Å². The van der Waals surface area contributed by atoms with Crippen LogP contribution in [0, 0.1) is 0 Å². The van der Waals surface area contributed by atoms with Crippen LogP contribution in [0.5, 0.6) is 11.5 Å². The summed E-state index contributed by atoms with van der Waals surface area (Å²) in [6.45, 7) is 3.03. The number of benzene rings is 2. The zero-order valence-electron chi connectivity index (χ0n) is 17.4. The van der Waals surface area contributed by atoms with Gasteiger partial charge >= 0.3 is 0 Å². The number of likely N-dealkylation sites (N-methyl/N-ethyl adjacent to an activating group) is 1. The summed E-state index contributed by atoms with van der Waals surface area (Å²) in [5.41, 5.74) is 2.01. The summed E-state index contributed by atoms with van der Waals surface area (Å²) in [5.74, 6) is 0.509. The molecule has 0 spiro atoms. The molecule has 4 rings (SSSR count). The van der Waals surface area contributed by atoms with Crippen LogP contribution in [0.2, 0.25) is 0 Å². The van der Waals surface area contributed by atoms with Crippen molar-refractivity contribution >= 4 is 23.1 Å². The molecule has 0 N–H and O–H groups in total. The molecular weight excluding hydrogens is 382 g/mol. The summed E-state index contributed by atoms with van der Waals surface area (Å²) in [6, 6.07) is 14.3. The van der Waals surface area contributed by atoms with Crippen LogP contribution in [0.15, 0.2) is 54.2 Å². The minimum atomic E-state index is -0.344. The number of piperazine rings is 1. The highest BCUT2D eigenvalue weighted by atomic mass is 16.5. The van der Waals surface area contributed by atoms with Crippen LogP contribution in [0.1, 0.15) is 5.56 Å². The average molecular weight is 407 g/mol. The number of hydrogen-bond donors (Lipinski definition) is 0. The summed E-state index contributed by atoms with van der Waals surface area (Å²) in [5, 5.41) is 0. The molecule has 1 fully saturated rings. The minimum absolute atomic E-state index is 0.320. The number of ether oxygens (including phenoxy) is 2. The van der Waals surface area contributed by atoms with E-state index in [1.807, 2.05) is 23.1 Å². The van der Waals surface area contributed by atoms with Gasteiger partial charge in [-0.25, -0.2) is 4.90 Å². The molecule has 2 aromatic carbocycles. The van der Waals surface area contributed by atoms with Crippen LogP contribution in [0.3, 0.4) is 0 Å². The molecule has 2 aromatic rings. The predicted octanol–water partition coefficient (Wildman–Crippen LogP) is 2.24. The molecule has 0 aromatic heterocycles. The second-order valence-electron chi connectivity index (χ2n) is 7.36. The van der Waals surface area contributed by atoms with Gasteiger partial charge in [-0.15, -0.1) is 0 Å². The van der Waals surface area contributed by atoms with Gasteiger partial charge in [-0.05, 0) is 36.9 Å². The lowest BCUT2D eigenvalue weighted by molar-refractivity contribution is -0.120. The maximum absolute atomic E-state index is 13.6. The summed E-state index contributed by atoms with van der Waals surface area (Å²) < 4.78 is 10.7. The van der Waals surface area contributed by atoms with Crippen LogP contribution in [0.4, 0.5) is 5.69 Å². The van der Waals surface area contributed by atoms with Crippen molar-refractivity contribution in [2.24, 2.45) is 0 Å². The minimum Gasteiger partial charge on any atom is -0.497 e. The third-order valence-corrected chi connectivity index (χ3v) is 5.58. The van der Waals surface area contributed by atoms with Gasteiger partial charge < -0.3 is 19.3 Å². The fourth-order valence-electron chi connectivity index (χ4n) is 3.89. The predicted molar refractivity (Wildman–Crippen MR) is 114 cm³/mol. The molecule has 2 amide bonds. The van der Waals surface area contributed by atoms with Crippen molar-refractivity contribution in [2.75, 3.05) is 52.3 Å². The first-order valence-electron chi connectivity index (χ1n) is 9.89. The Kier molecular flexibility index (Phi) is 5.46. The van der Waals surface area contributed by atoms with Gasteiger partial charge in [0.25, 0.3) is 11.8 Å². The van der Waals surface area contributed by atoms with Gasteiger partial charge in [0.2, 0.25) is 0 Å². The molecule has 0 saturated carbocycles. The highest BCUT2D eigenvalue weighted by Crippen LogP contribution is 2.38. The number of rotatable bonds is 5.